The van der Waals surface area contributed by atoms with Crippen molar-refractivity contribution in [3.05, 3.63) is 48.4 Å². The lowest BCUT2D eigenvalue weighted by Crippen LogP contribution is -2.07. The second-order valence-corrected chi connectivity index (χ2v) is 4.43. The summed E-state index contributed by atoms with van der Waals surface area (Å²) in [6.45, 7) is 0.815. The number of fused-ring (bicyclic) bond motifs is 1. The molecule has 3 rings (SSSR count). The molecule has 0 aliphatic heterocycles. The molecule has 4 N–H and O–H groups in total. The van der Waals surface area contributed by atoms with Crippen LogP contribution in [0.1, 0.15) is 5.56 Å². The molecule has 19 heavy (non-hydrogen) atoms. The number of aromatic nitrogens is 3. The van der Waals surface area contributed by atoms with Crippen molar-refractivity contribution in [1.82, 2.24) is 15.2 Å². The lowest BCUT2D eigenvalue weighted by molar-refractivity contribution is 1.01. The Bertz CT molecular complexity index is 675. The van der Waals surface area contributed by atoms with E-state index in [1.165, 1.54) is 5.56 Å². The highest BCUT2D eigenvalue weighted by atomic mass is 15.1. The number of nitrogens with two attached hydrogens (primary N) is 1. The zero-order chi connectivity index (χ0) is 13.1. The smallest absolute Gasteiger partial charge is 0.0672 e. The molecule has 0 atom stereocenters. The summed E-state index contributed by atoms with van der Waals surface area (Å²) in [5, 5.41) is 11.3. The molecule has 96 valence electrons. The van der Waals surface area contributed by atoms with Gasteiger partial charge in [-0.25, -0.2) is 0 Å². The predicted molar refractivity (Wildman–Crippen MR) is 76.9 cm³/mol. The van der Waals surface area contributed by atoms with Gasteiger partial charge in [-0.05, 0) is 30.2 Å². The van der Waals surface area contributed by atoms with Gasteiger partial charge < -0.3 is 11.1 Å². The molecular formula is C14H15N5. The van der Waals surface area contributed by atoms with E-state index in [2.05, 4.69) is 26.6 Å². The van der Waals surface area contributed by atoms with Gasteiger partial charge in [-0.3, -0.25) is 10.1 Å². The van der Waals surface area contributed by atoms with Crippen molar-refractivity contribution in [1.29, 1.82) is 0 Å². The number of pyridine rings is 1. The first-order chi connectivity index (χ1) is 9.33. The molecule has 0 amide bonds. The van der Waals surface area contributed by atoms with E-state index >= 15 is 0 Å². The molecule has 2 aromatic heterocycles. The van der Waals surface area contributed by atoms with E-state index in [1.807, 2.05) is 24.4 Å². The van der Waals surface area contributed by atoms with Gasteiger partial charge in [0.15, 0.2) is 0 Å². The maximum Gasteiger partial charge on any atom is 0.0672 e. The van der Waals surface area contributed by atoms with E-state index in [1.54, 1.807) is 12.4 Å². The van der Waals surface area contributed by atoms with E-state index in [9.17, 15) is 0 Å². The summed E-state index contributed by atoms with van der Waals surface area (Å²) < 4.78 is 0. The molecule has 0 bridgehead atoms. The highest BCUT2D eigenvalue weighted by Crippen LogP contribution is 2.24. The van der Waals surface area contributed by atoms with Crippen molar-refractivity contribution in [2.75, 3.05) is 17.6 Å². The fourth-order valence-corrected chi connectivity index (χ4v) is 2.05. The largest absolute Gasteiger partial charge is 0.397 e. The summed E-state index contributed by atoms with van der Waals surface area (Å²) in [6.07, 6.45) is 6.34. The normalized spacial score (nSPS) is 10.7. The first-order valence-electron chi connectivity index (χ1n) is 6.18. The topological polar surface area (TPSA) is 79.6 Å². The molecule has 0 saturated heterocycles. The van der Waals surface area contributed by atoms with Crippen LogP contribution in [0.4, 0.5) is 11.4 Å². The maximum atomic E-state index is 6.01. The predicted octanol–water partition coefficient (Wildman–Crippen LogP) is 2.19. The summed E-state index contributed by atoms with van der Waals surface area (Å²) in [5.41, 5.74) is 9.87. The van der Waals surface area contributed by atoms with Gasteiger partial charge in [0.1, 0.15) is 0 Å². The van der Waals surface area contributed by atoms with Crippen LogP contribution in [-0.4, -0.2) is 21.7 Å². The quantitative estimate of drug-likeness (QED) is 0.623. The minimum Gasteiger partial charge on any atom is -0.397 e. The summed E-state index contributed by atoms with van der Waals surface area (Å²) in [7, 11) is 0. The van der Waals surface area contributed by atoms with Crippen LogP contribution in [0.15, 0.2) is 42.9 Å². The molecule has 0 unspecified atom stereocenters. The second-order valence-electron chi connectivity index (χ2n) is 4.43. The Labute approximate surface area is 110 Å². The number of nitrogens with zero attached hydrogens (tertiary/aromatic N) is 2. The third-order valence-corrected chi connectivity index (χ3v) is 3.06. The molecular weight excluding hydrogens is 238 g/mol. The zero-order valence-electron chi connectivity index (χ0n) is 10.4. The molecule has 0 aliphatic rings. The van der Waals surface area contributed by atoms with E-state index in [0.29, 0.717) is 0 Å². The molecule has 0 radical (unpaired) electrons. The fraction of sp³-hybridized carbons (Fsp3) is 0.143. The van der Waals surface area contributed by atoms with Crippen molar-refractivity contribution in [3.8, 4) is 0 Å². The maximum absolute atomic E-state index is 6.01. The summed E-state index contributed by atoms with van der Waals surface area (Å²) in [4.78, 5) is 4.10. The summed E-state index contributed by atoms with van der Waals surface area (Å²) >= 11 is 0. The van der Waals surface area contributed by atoms with Crippen LogP contribution in [0, 0.1) is 0 Å². The molecule has 2 heterocycles. The summed E-state index contributed by atoms with van der Waals surface area (Å²) in [5.74, 6) is 0. The Kier molecular flexibility index (Phi) is 3.02. The van der Waals surface area contributed by atoms with Gasteiger partial charge in [0.2, 0.25) is 0 Å². The van der Waals surface area contributed by atoms with Crippen molar-refractivity contribution < 1.29 is 0 Å². The number of hydrogen-bond acceptors (Lipinski definition) is 4. The van der Waals surface area contributed by atoms with Gasteiger partial charge in [0.05, 0.1) is 23.1 Å². The Morgan fingerprint density at radius 1 is 1.26 bits per heavy atom. The third kappa shape index (κ3) is 2.49. The van der Waals surface area contributed by atoms with Crippen LogP contribution < -0.4 is 11.1 Å². The van der Waals surface area contributed by atoms with E-state index in [0.717, 1.165) is 35.2 Å². The van der Waals surface area contributed by atoms with Crippen LogP contribution in [0.2, 0.25) is 0 Å². The number of benzene rings is 1. The van der Waals surface area contributed by atoms with Gasteiger partial charge in [-0.1, -0.05) is 6.07 Å². The molecule has 1 aromatic carbocycles. The monoisotopic (exact) mass is 253 g/mol. The van der Waals surface area contributed by atoms with E-state index in [4.69, 9.17) is 5.73 Å². The van der Waals surface area contributed by atoms with Gasteiger partial charge in [0, 0.05) is 24.3 Å². The average Bonchev–Trinajstić information content (AvgIpc) is 2.87. The van der Waals surface area contributed by atoms with Crippen molar-refractivity contribution in [2.24, 2.45) is 0 Å². The molecule has 0 fully saturated rings. The summed E-state index contributed by atoms with van der Waals surface area (Å²) in [6, 6.07) is 7.92. The molecule has 0 saturated carbocycles. The number of H-pyrrole nitrogens is 1. The average molecular weight is 253 g/mol. The number of aromatic amines is 1. The second kappa shape index (κ2) is 4.97. The Morgan fingerprint density at radius 3 is 3.05 bits per heavy atom. The first kappa shape index (κ1) is 11.5. The molecule has 3 aromatic rings. The lowest BCUT2D eigenvalue weighted by Gasteiger charge is -2.09. The molecule has 5 nitrogen and oxygen atoms in total. The Hall–Kier alpha value is -2.56. The molecule has 0 spiro atoms. The number of nitrogen functional groups attached to an aromatic ring is 1. The minimum atomic E-state index is 0.736. The van der Waals surface area contributed by atoms with Gasteiger partial charge in [-0.15, -0.1) is 0 Å². The van der Waals surface area contributed by atoms with Crippen LogP contribution >= 0.6 is 0 Å². The van der Waals surface area contributed by atoms with Crippen LogP contribution in [0.3, 0.4) is 0 Å². The van der Waals surface area contributed by atoms with Crippen LogP contribution in [0.25, 0.3) is 10.9 Å². The minimum absolute atomic E-state index is 0.736. The van der Waals surface area contributed by atoms with Gasteiger partial charge >= 0.3 is 0 Å². The standard InChI is InChI=1S/C14H15N5/c15-12-6-11-9-18-19-13(11)7-14(12)17-5-3-10-2-1-4-16-8-10/h1-2,4,6-9,17H,3,5,15H2,(H,18,19). The van der Waals surface area contributed by atoms with Crippen LogP contribution in [0.5, 0.6) is 0 Å². The number of hydrogen-bond donors (Lipinski definition) is 3. The number of nitrogens with one attached hydrogen (secondary N) is 2. The van der Waals surface area contributed by atoms with Crippen molar-refractivity contribution >= 4 is 22.3 Å². The lowest BCUT2D eigenvalue weighted by atomic mass is 10.2. The highest BCUT2D eigenvalue weighted by Gasteiger charge is 2.03. The van der Waals surface area contributed by atoms with Gasteiger partial charge in [0.25, 0.3) is 0 Å². The zero-order valence-corrected chi connectivity index (χ0v) is 10.4. The van der Waals surface area contributed by atoms with E-state index in [-0.39, 0.29) is 0 Å². The Morgan fingerprint density at radius 2 is 2.21 bits per heavy atom. The van der Waals surface area contributed by atoms with Crippen molar-refractivity contribution in [3.63, 3.8) is 0 Å². The highest BCUT2D eigenvalue weighted by molar-refractivity contribution is 5.88. The Balaban J connectivity index is 1.69. The number of rotatable bonds is 4. The number of anilines is 2. The fourth-order valence-electron chi connectivity index (χ4n) is 2.05. The third-order valence-electron chi connectivity index (χ3n) is 3.06. The van der Waals surface area contributed by atoms with Crippen molar-refractivity contribution in [2.45, 2.75) is 6.42 Å². The van der Waals surface area contributed by atoms with E-state index < -0.39 is 0 Å². The van der Waals surface area contributed by atoms with Gasteiger partial charge in [-0.2, -0.15) is 5.10 Å². The van der Waals surface area contributed by atoms with Crippen LogP contribution in [-0.2, 0) is 6.42 Å². The SMILES string of the molecule is Nc1cc2cn[nH]c2cc1NCCc1cccnc1. The first-order valence-corrected chi connectivity index (χ1v) is 6.18. The molecule has 0 aliphatic carbocycles. The molecule has 5 heteroatoms.